The summed E-state index contributed by atoms with van der Waals surface area (Å²) >= 11 is 0. The number of carbonyl (C=O) groups is 2. The minimum atomic E-state index is -1.11. The van der Waals surface area contributed by atoms with Crippen LogP contribution in [0.5, 0.6) is 0 Å². The van der Waals surface area contributed by atoms with Crippen molar-refractivity contribution in [1.82, 2.24) is 4.98 Å². The van der Waals surface area contributed by atoms with Gasteiger partial charge in [0, 0.05) is 11.8 Å². The first-order valence-electron chi connectivity index (χ1n) is 6.77. The molecule has 0 saturated carbocycles. The summed E-state index contributed by atoms with van der Waals surface area (Å²) in [4.78, 5) is 26.8. The van der Waals surface area contributed by atoms with E-state index in [9.17, 15) is 14.7 Å². The average molecular weight is 281 g/mol. The van der Waals surface area contributed by atoms with E-state index in [1.807, 2.05) is 6.92 Å². The van der Waals surface area contributed by atoms with Gasteiger partial charge < -0.3 is 14.8 Å². The summed E-state index contributed by atoms with van der Waals surface area (Å²) in [7, 11) is 0. The number of carbonyl (C=O) groups excluding carboxylic acids is 2. The largest absolute Gasteiger partial charge is 0.461 e. The van der Waals surface area contributed by atoms with Gasteiger partial charge in [0.2, 0.25) is 0 Å². The summed E-state index contributed by atoms with van der Waals surface area (Å²) in [6, 6.07) is 0. The highest BCUT2D eigenvalue weighted by atomic mass is 16.5. The summed E-state index contributed by atoms with van der Waals surface area (Å²) in [5, 5.41) is 10.0. The van der Waals surface area contributed by atoms with Crippen molar-refractivity contribution in [2.45, 2.75) is 47.1 Å². The molecule has 5 nitrogen and oxygen atoms in total. The molecule has 0 bridgehead atoms. The number of aromatic nitrogens is 1. The third-order valence-corrected chi connectivity index (χ3v) is 3.12. The summed E-state index contributed by atoms with van der Waals surface area (Å²) in [6.45, 7) is 9.27. The van der Waals surface area contributed by atoms with Crippen LogP contribution < -0.4 is 0 Å². The van der Waals surface area contributed by atoms with Crippen LogP contribution in [-0.2, 0) is 4.74 Å². The van der Waals surface area contributed by atoms with Gasteiger partial charge in [0.1, 0.15) is 11.8 Å². The monoisotopic (exact) mass is 281 g/mol. The third-order valence-electron chi connectivity index (χ3n) is 3.12. The van der Waals surface area contributed by atoms with Gasteiger partial charge in [0.15, 0.2) is 5.78 Å². The smallest absolute Gasteiger partial charge is 0.355 e. The zero-order valence-corrected chi connectivity index (χ0v) is 12.7. The predicted molar refractivity (Wildman–Crippen MR) is 75.9 cm³/mol. The van der Waals surface area contributed by atoms with Gasteiger partial charge >= 0.3 is 5.97 Å². The molecule has 0 aliphatic heterocycles. The van der Waals surface area contributed by atoms with Crippen molar-refractivity contribution < 1.29 is 19.4 Å². The number of esters is 1. The fourth-order valence-corrected chi connectivity index (χ4v) is 1.77. The average Bonchev–Trinajstić information content (AvgIpc) is 2.75. The molecule has 0 spiro atoms. The van der Waals surface area contributed by atoms with Crippen LogP contribution in [0.15, 0.2) is 6.20 Å². The van der Waals surface area contributed by atoms with Crippen LogP contribution in [0.4, 0.5) is 0 Å². The van der Waals surface area contributed by atoms with Crippen LogP contribution in [0.25, 0.3) is 0 Å². The lowest BCUT2D eigenvalue weighted by atomic mass is 9.84. The molecular weight excluding hydrogens is 258 g/mol. The van der Waals surface area contributed by atoms with E-state index in [4.69, 9.17) is 4.74 Å². The van der Waals surface area contributed by atoms with Crippen LogP contribution >= 0.6 is 0 Å². The van der Waals surface area contributed by atoms with Crippen molar-refractivity contribution in [3.05, 3.63) is 23.0 Å². The number of rotatable bonds is 5. The second kappa shape index (κ2) is 6.22. The summed E-state index contributed by atoms with van der Waals surface area (Å²) in [5.41, 5.74) is 0.558. The van der Waals surface area contributed by atoms with Crippen LogP contribution in [0.1, 0.15) is 60.5 Å². The van der Waals surface area contributed by atoms with Crippen LogP contribution in [-0.4, -0.2) is 34.6 Å². The van der Waals surface area contributed by atoms with Crippen molar-refractivity contribution >= 4 is 11.8 Å². The lowest BCUT2D eigenvalue weighted by molar-refractivity contribution is 0.0442. The number of aromatic amines is 1. The zero-order chi connectivity index (χ0) is 15.5. The summed E-state index contributed by atoms with van der Waals surface area (Å²) in [5.74, 6) is -0.866. The van der Waals surface area contributed by atoms with Crippen molar-refractivity contribution in [3.63, 3.8) is 0 Å². The molecule has 1 aromatic rings. The number of hydrogen-bond acceptors (Lipinski definition) is 4. The van der Waals surface area contributed by atoms with Crippen molar-refractivity contribution in [1.29, 1.82) is 0 Å². The summed E-state index contributed by atoms with van der Waals surface area (Å²) in [6.07, 6.45) is 1.08. The van der Waals surface area contributed by atoms with Crippen molar-refractivity contribution in [2.75, 3.05) is 6.61 Å². The van der Waals surface area contributed by atoms with Crippen molar-refractivity contribution in [3.8, 4) is 0 Å². The molecule has 2 N–H and O–H groups in total. The van der Waals surface area contributed by atoms with E-state index in [0.29, 0.717) is 17.7 Å². The van der Waals surface area contributed by atoms with E-state index >= 15 is 0 Å². The van der Waals surface area contributed by atoms with Gasteiger partial charge in [0.05, 0.1) is 6.61 Å². The quantitative estimate of drug-likeness (QED) is 0.642. The molecule has 112 valence electrons. The van der Waals surface area contributed by atoms with E-state index < -0.39 is 17.5 Å². The molecule has 1 heterocycles. The van der Waals surface area contributed by atoms with Gasteiger partial charge in [-0.3, -0.25) is 4.79 Å². The van der Waals surface area contributed by atoms with Gasteiger partial charge in [-0.1, -0.05) is 27.7 Å². The second-order valence-electron chi connectivity index (χ2n) is 5.97. The molecule has 0 radical (unpaired) electrons. The Labute approximate surface area is 119 Å². The first-order valence-corrected chi connectivity index (χ1v) is 6.77. The Kier molecular flexibility index (Phi) is 5.11. The van der Waals surface area contributed by atoms with Gasteiger partial charge in [0.25, 0.3) is 0 Å². The third kappa shape index (κ3) is 3.48. The molecule has 20 heavy (non-hydrogen) atoms. The topological polar surface area (TPSA) is 79.4 Å². The van der Waals surface area contributed by atoms with E-state index in [-0.39, 0.29) is 11.5 Å². The number of aliphatic hydroxyl groups excluding tert-OH is 1. The van der Waals surface area contributed by atoms with Gasteiger partial charge in [-0.25, -0.2) is 4.79 Å². The minimum absolute atomic E-state index is 0.267. The van der Waals surface area contributed by atoms with Gasteiger partial charge in [-0.2, -0.15) is 0 Å². The highest BCUT2D eigenvalue weighted by Gasteiger charge is 2.32. The number of nitrogens with one attached hydrogen (secondary N) is 1. The Morgan fingerprint density at radius 3 is 2.50 bits per heavy atom. The molecule has 1 rings (SSSR count). The highest BCUT2D eigenvalue weighted by molar-refractivity contribution is 6.03. The Balaban J connectivity index is 2.97. The first-order chi connectivity index (χ1) is 9.20. The SMILES string of the molecule is CCCOC(=O)c1[nH]cc(C(=O)C(O)C(C)(C)C)c1C. The molecule has 1 unspecified atom stereocenters. The Hall–Kier alpha value is -1.62. The van der Waals surface area contributed by atoms with E-state index in [0.717, 1.165) is 6.42 Å². The fraction of sp³-hybridized carbons (Fsp3) is 0.600. The Bertz CT molecular complexity index is 496. The van der Waals surface area contributed by atoms with E-state index in [1.54, 1.807) is 27.7 Å². The standard InChI is InChI=1S/C15H23NO4/c1-6-7-20-14(19)11-9(2)10(8-16-11)12(17)13(18)15(3,4)5/h8,13,16,18H,6-7H2,1-5H3. The molecule has 1 atom stereocenters. The normalized spacial score (nSPS) is 13.1. The second-order valence-corrected chi connectivity index (χ2v) is 5.97. The maximum atomic E-state index is 12.2. The number of ketones is 1. The number of H-pyrrole nitrogens is 1. The van der Waals surface area contributed by atoms with Crippen LogP contribution in [0, 0.1) is 12.3 Å². The predicted octanol–water partition coefficient (Wildman–Crippen LogP) is 2.48. The lowest BCUT2D eigenvalue weighted by Gasteiger charge is -2.24. The van der Waals surface area contributed by atoms with Crippen LogP contribution in [0.2, 0.25) is 0 Å². The molecule has 0 aliphatic carbocycles. The molecular formula is C15H23NO4. The molecule has 0 saturated heterocycles. The fourth-order valence-electron chi connectivity index (χ4n) is 1.77. The Morgan fingerprint density at radius 2 is 2.00 bits per heavy atom. The molecule has 0 fully saturated rings. The van der Waals surface area contributed by atoms with Crippen molar-refractivity contribution in [2.24, 2.45) is 5.41 Å². The maximum absolute atomic E-state index is 12.2. The van der Waals surface area contributed by atoms with E-state index in [1.165, 1.54) is 6.20 Å². The minimum Gasteiger partial charge on any atom is -0.461 e. The lowest BCUT2D eigenvalue weighted by Crippen LogP contribution is -2.34. The maximum Gasteiger partial charge on any atom is 0.355 e. The molecule has 0 amide bonds. The highest BCUT2D eigenvalue weighted by Crippen LogP contribution is 2.25. The summed E-state index contributed by atoms with van der Waals surface area (Å²) < 4.78 is 5.03. The number of Topliss-reactive ketones (excluding diaryl/α,β-unsaturated/α-hetero) is 1. The number of ether oxygens (including phenoxy) is 1. The zero-order valence-electron chi connectivity index (χ0n) is 12.7. The molecule has 1 aromatic heterocycles. The number of aliphatic hydroxyl groups is 1. The van der Waals surface area contributed by atoms with Gasteiger partial charge in [-0.15, -0.1) is 0 Å². The molecule has 0 aliphatic rings. The molecule has 5 heteroatoms. The molecule has 0 aromatic carbocycles. The van der Waals surface area contributed by atoms with E-state index in [2.05, 4.69) is 4.98 Å². The van der Waals surface area contributed by atoms with Crippen LogP contribution in [0.3, 0.4) is 0 Å². The van der Waals surface area contributed by atoms with Gasteiger partial charge in [-0.05, 0) is 24.3 Å². The first kappa shape index (κ1) is 16.4. The number of hydrogen-bond donors (Lipinski definition) is 2. The Morgan fingerprint density at radius 1 is 1.40 bits per heavy atom.